The lowest BCUT2D eigenvalue weighted by Gasteiger charge is -2.23. The average molecular weight is 265 g/mol. The van der Waals surface area contributed by atoms with Crippen LogP contribution in [0.3, 0.4) is 0 Å². The van der Waals surface area contributed by atoms with Crippen molar-refractivity contribution in [1.29, 1.82) is 0 Å². The molecule has 6 heteroatoms. The van der Waals surface area contributed by atoms with Gasteiger partial charge in [0, 0.05) is 19.8 Å². The predicted molar refractivity (Wildman–Crippen MR) is 67.3 cm³/mol. The number of Topliss-reactive ketones (excluding diaryl/α,β-unsaturated/α-hetero) is 1. The second kappa shape index (κ2) is 5.38. The van der Waals surface area contributed by atoms with Crippen molar-refractivity contribution in [2.24, 2.45) is 0 Å². The molecule has 1 heterocycles. The van der Waals surface area contributed by atoms with Crippen molar-refractivity contribution >= 4 is 17.4 Å². The Morgan fingerprint density at radius 2 is 2.05 bits per heavy atom. The number of hydrogen-bond acceptors (Lipinski definition) is 5. The van der Waals surface area contributed by atoms with Gasteiger partial charge in [-0.2, -0.15) is 0 Å². The van der Waals surface area contributed by atoms with Gasteiger partial charge in [-0.3, -0.25) is 9.59 Å². The standard InChI is InChI=1S/C13H15NO5/c1-7-12(16)14-9-6-8(4-5-10(9)19-7)11(15)13(17-2)18-3/h4-7,13H,1-3H3,(H,14,16). The van der Waals surface area contributed by atoms with Gasteiger partial charge in [0.1, 0.15) is 5.75 Å². The van der Waals surface area contributed by atoms with Gasteiger partial charge >= 0.3 is 0 Å². The van der Waals surface area contributed by atoms with Gasteiger partial charge in [-0.25, -0.2) is 0 Å². The summed E-state index contributed by atoms with van der Waals surface area (Å²) in [4.78, 5) is 23.5. The summed E-state index contributed by atoms with van der Waals surface area (Å²) in [5.74, 6) is -0.0252. The van der Waals surface area contributed by atoms with Crippen molar-refractivity contribution in [3.63, 3.8) is 0 Å². The fraction of sp³-hybridized carbons (Fsp3) is 0.385. The van der Waals surface area contributed by atoms with Crippen LogP contribution in [0.1, 0.15) is 17.3 Å². The third kappa shape index (κ3) is 2.59. The molecule has 0 bridgehead atoms. The predicted octanol–water partition coefficient (Wildman–Crippen LogP) is 1.21. The summed E-state index contributed by atoms with van der Waals surface area (Å²) in [5, 5.41) is 2.68. The normalized spacial score (nSPS) is 17.7. The molecule has 1 aromatic rings. The van der Waals surface area contributed by atoms with E-state index in [0.717, 1.165) is 0 Å². The van der Waals surface area contributed by atoms with Crippen LogP contribution in [0.4, 0.5) is 5.69 Å². The van der Waals surface area contributed by atoms with E-state index in [0.29, 0.717) is 17.0 Å². The van der Waals surface area contributed by atoms with Crippen molar-refractivity contribution < 1.29 is 23.8 Å². The maximum absolute atomic E-state index is 12.0. The van der Waals surface area contributed by atoms with E-state index >= 15 is 0 Å². The lowest BCUT2D eigenvalue weighted by Crippen LogP contribution is -2.34. The molecule has 1 unspecified atom stereocenters. The summed E-state index contributed by atoms with van der Waals surface area (Å²) in [5.41, 5.74) is 0.853. The molecule has 0 saturated carbocycles. The number of carbonyl (C=O) groups excluding carboxylic acids is 2. The molecule has 0 fully saturated rings. The number of methoxy groups -OCH3 is 2. The Kier molecular flexibility index (Phi) is 3.82. The third-order valence-electron chi connectivity index (χ3n) is 2.84. The first-order valence-corrected chi connectivity index (χ1v) is 5.78. The van der Waals surface area contributed by atoms with Gasteiger partial charge in [0.15, 0.2) is 6.10 Å². The van der Waals surface area contributed by atoms with Gasteiger partial charge in [-0.15, -0.1) is 0 Å². The van der Waals surface area contributed by atoms with Crippen LogP contribution in [0.5, 0.6) is 5.75 Å². The Bertz CT molecular complexity index is 510. The van der Waals surface area contributed by atoms with Crippen molar-refractivity contribution in [3.8, 4) is 5.75 Å². The number of benzene rings is 1. The van der Waals surface area contributed by atoms with Crippen LogP contribution < -0.4 is 10.1 Å². The fourth-order valence-electron chi connectivity index (χ4n) is 1.81. The highest BCUT2D eigenvalue weighted by atomic mass is 16.7. The van der Waals surface area contributed by atoms with Gasteiger partial charge < -0.3 is 19.5 Å². The summed E-state index contributed by atoms with van der Waals surface area (Å²) in [6, 6.07) is 4.80. The van der Waals surface area contributed by atoms with Gasteiger partial charge in [0.2, 0.25) is 12.1 Å². The molecule has 0 aliphatic carbocycles. The smallest absolute Gasteiger partial charge is 0.265 e. The van der Waals surface area contributed by atoms with Crippen molar-refractivity contribution in [2.45, 2.75) is 19.3 Å². The van der Waals surface area contributed by atoms with Crippen LogP contribution in [0.25, 0.3) is 0 Å². The maximum atomic E-state index is 12.0. The first kappa shape index (κ1) is 13.5. The summed E-state index contributed by atoms with van der Waals surface area (Å²) < 4.78 is 15.2. The van der Waals surface area contributed by atoms with Crippen LogP contribution in [0, 0.1) is 0 Å². The number of fused-ring (bicyclic) bond motifs is 1. The molecule has 1 aliphatic heterocycles. The van der Waals surface area contributed by atoms with E-state index in [9.17, 15) is 9.59 Å². The largest absolute Gasteiger partial charge is 0.479 e. The second-order valence-electron chi connectivity index (χ2n) is 4.13. The van der Waals surface area contributed by atoms with Crippen LogP contribution in [-0.4, -0.2) is 38.3 Å². The highest BCUT2D eigenvalue weighted by molar-refractivity contribution is 6.02. The summed E-state index contributed by atoms with van der Waals surface area (Å²) in [6.45, 7) is 1.66. The molecule has 0 radical (unpaired) electrons. The van der Waals surface area contributed by atoms with Crippen molar-refractivity contribution in [1.82, 2.24) is 0 Å². The SMILES string of the molecule is COC(OC)C(=O)c1ccc2c(c1)NC(=O)C(C)O2. The zero-order chi connectivity index (χ0) is 14.0. The third-order valence-corrected chi connectivity index (χ3v) is 2.84. The Morgan fingerprint density at radius 1 is 1.37 bits per heavy atom. The Labute approximate surface area is 110 Å². The maximum Gasteiger partial charge on any atom is 0.265 e. The van der Waals surface area contributed by atoms with Crippen LogP contribution in [-0.2, 0) is 14.3 Å². The monoisotopic (exact) mass is 265 g/mol. The van der Waals surface area contributed by atoms with Crippen LogP contribution in [0.15, 0.2) is 18.2 Å². The number of nitrogens with one attached hydrogen (secondary N) is 1. The second-order valence-corrected chi connectivity index (χ2v) is 4.13. The molecule has 0 saturated heterocycles. The molecule has 19 heavy (non-hydrogen) atoms. The van der Waals surface area contributed by atoms with E-state index in [1.54, 1.807) is 25.1 Å². The van der Waals surface area contributed by atoms with E-state index in [2.05, 4.69) is 5.32 Å². The Morgan fingerprint density at radius 3 is 2.68 bits per heavy atom. The summed E-state index contributed by atoms with van der Waals surface area (Å²) in [7, 11) is 2.77. The molecule has 0 spiro atoms. The van der Waals surface area contributed by atoms with Gasteiger partial charge in [0.25, 0.3) is 5.91 Å². The van der Waals surface area contributed by atoms with E-state index in [4.69, 9.17) is 14.2 Å². The fourth-order valence-corrected chi connectivity index (χ4v) is 1.81. The first-order chi connectivity index (χ1) is 9.06. The van der Waals surface area contributed by atoms with Gasteiger partial charge in [-0.1, -0.05) is 0 Å². The highest BCUT2D eigenvalue weighted by Gasteiger charge is 2.26. The molecule has 102 valence electrons. The molecule has 6 nitrogen and oxygen atoms in total. The molecule has 1 atom stereocenters. The van der Waals surface area contributed by atoms with E-state index in [-0.39, 0.29) is 11.7 Å². The number of anilines is 1. The lowest BCUT2D eigenvalue weighted by atomic mass is 10.1. The number of amides is 1. The van der Waals surface area contributed by atoms with E-state index in [1.807, 2.05) is 0 Å². The van der Waals surface area contributed by atoms with E-state index in [1.165, 1.54) is 14.2 Å². The Hall–Kier alpha value is -1.92. The molecular weight excluding hydrogens is 250 g/mol. The first-order valence-electron chi connectivity index (χ1n) is 5.78. The molecule has 0 aromatic heterocycles. The summed E-state index contributed by atoms with van der Waals surface area (Å²) in [6.07, 6.45) is -1.50. The molecular formula is C13H15NO5. The molecule has 2 rings (SSSR count). The van der Waals surface area contributed by atoms with E-state index < -0.39 is 12.4 Å². The topological polar surface area (TPSA) is 73.9 Å². The molecule has 1 aliphatic rings. The molecule has 1 amide bonds. The Balaban J connectivity index is 2.29. The van der Waals surface area contributed by atoms with Crippen LogP contribution in [0.2, 0.25) is 0 Å². The summed E-state index contributed by atoms with van der Waals surface area (Å²) >= 11 is 0. The molecule has 1 N–H and O–H groups in total. The quantitative estimate of drug-likeness (QED) is 0.654. The number of hydrogen-bond donors (Lipinski definition) is 1. The van der Waals surface area contributed by atoms with Gasteiger partial charge in [0.05, 0.1) is 5.69 Å². The van der Waals surface area contributed by atoms with Crippen molar-refractivity contribution in [3.05, 3.63) is 23.8 Å². The minimum absolute atomic E-state index is 0.243. The number of carbonyl (C=O) groups is 2. The number of ether oxygens (including phenoxy) is 3. The highest BCUT2D eigenvalue weighted by Crippen LogP contribution is 2.30. The molecule has 1 aromatic carbocycles. The minimum Gasteiger partial charge on any atom is -0.479 e. The van der Waals surface area contributed by atoms with Crippen molar-refractivity contribution in [2.75, 3.05) is 19.5 Å². The lowest BCUT2D eigenvalue weighted by molar-refractivity contribution is -0.122. The number of rotatable bonds is 4. The zero-order valence-corrected chi connectivity index (χ0v) is 10.9. The zero-order valence-electron chi connectivity index (χ0n) is 10.9. The minimum atomic E-state index is -0.961. The number of ketones is 1. The average Bonchev–Trinajstić information content (AvgIpc) is 2.41. The van der Waals surface area contributed by atoms with Gasteiger partial charge in [-0.05, 0) is 25.1 Å². The van der Waals surface area contributed by atoms with Crippen LogP contribution >= 0.6 is 0 Å².